The third-order valence-electron chi connectivity index (χ3n) is 3.73. The Morgan fingerprint density at radius 2 is 1.89 bits per heavy atom. The van der Waals surface area contributed by atoms with E-state index in [0.717, 1.165) is 0 Å². The smallest absolute Gasteiger partial charge is 0.336 e. The Hall–Kier alpha value is -1.55. The van der Waals surface area contributed by atoms with Gasteiger partial charge in [0, 0.05) is 6.54 Å². The molecule has 1 aliphatic rings. The van der Waals surface area contributed by atoms with Crippen LogP contribution in [0.4, 0.5) is 10.5 Å². The fourth-order valence-corrected chi connectivity index (χ4v) is 2.67. The number of amides is 2. The molecule has 1 fully saturated rings. The average Bonchev–Trinajstić information content (AvgIpc) is 2.48. The van der Waals surface area contributed by atoms with Crippen LogP contribution < -0.4 is 10.4 Å². The molecule has 0 bridgehead atoms. The number of nitrogens with zero attached hydrogens (tertiary/aromatic N) is 1. The fraction of sp³-hybridized carbons (Fsp3) is 0.533. The molecule has 2 rings (SSSR count). The van der Waals surface area contributed by atoms with E-state index < -0.39 is 6.03 Å². The molecule has 4 heteroatoms. The maximum atomic E-state index is 11.5. The lowest BCUT2D eigenvalue weighted by Gasteiger charge is -2.22. The van der Waals surface area contributed by atoms with Crippen molar-refractivity contribution in [1.82, 2.24) is 5.32 Å². The minimum atomic E-state index is -0.493. The van der Waals surface area contributed by atoms with E-state index in [4.69, 9.17) is 0 Å². The van der Waals surface area contributed by atoms with Gasteiger partial charge in [0.15, 0.2) is 0 Å². The van der Waals surface area contributed by atoms with E-state index in [1.54, 1.807) is 12.1 Å². The topological polar surface area (TPSA) is 52.6 Å². The first-order valence-corrected chi connectivity index (χ1v) is 7.09. The van der Waals surface area contributed by atoms with Gasteiger partial charge in [0.25, 0.3) is 0 Å². The van der Waals surface area contributed by atoms with Crippen LogP contribution in [0.2, 0.25) is 0 Å². The number of carbonyl (C=O) groups is 1. The van der Waals surface area contributed by atoms with E-state index in [1.165, 1.54) is 37.7 Å². The molecule has 0 aromatic heterocycles. The zero-order chi connectivity index (χ0) is 13.7. The molecule has 1 aliphatic carbocycles. The molecule has 104 valence electrons. The summed E-state index contributed by atoms with van der Waals surface area (Å²) in [4.78, 5) is 11.5. The van der Waals surface area contributed by atoms with Crippen LogP contribution in [0.25, 0.3) is 0 Å². The molecule has 4 nitrogen and oxygen atoms in total. The molecule has 0 heterocycles. The highest BCUT2D eigenvalue weighted by atomic mass is 16.5. The predicted octanol–water partition coefficient (Wildman–Crippen LogP) is 3.66. The summed E-state index contributed by atoms with van der Waals surface area (Å²) < 4.78 is 0. The van der Waals surface area contributed by atoms with E-state index in [1.807, 2.05) is 19.1 Å². The van der Waals surface area contributed by atoms with Crippen molar-refractivity contribution < 1.29 is 10.0 Å². The van der Waals surface area contributed by atoms with Crippen molar-refractivity contribution in [3.8, 4) is 0 Å². The summed E-state index contributed by atoms with van der Waals surface area (Å²) in [7, 11) is 0. The molecule has 1 aromatic rings. The lowest BCUT2D eigenvalue weighted by Crippen LogP contribution is -2.37. The molecular weight excluding hydrogens is 240 g/mol. The number of anilines is 1. The number of hydrogen-bond acceptors (Lipinski definition) is 2. The third kappa shape index (κ3) is 3.47. The highest BCUT2D eigenvalue weighted by Crippen LogP contribution is 2.33. The number of rotatable bonds is 3. The zero-order valence-corrected chi connectivity index (χ0v) is 11.4. The second-order valence-corrected chi connectivity index (χ2v) is 5.07. The average molecular weight is 262 g/mol. The molecule has 0 spiro atoms. The van der Waals surface area contributed by atoms with Gasteiger partial charge in [0.05, 0.1) is 5.69 Å². The number of nitrogens with one attached hydrogen (secondary N) is 1. The van der Waals surface area contributed by atoms with Crippen molar-refractivity contribution in [2.45, 2.75) is 44.9 Å². The number of hydrogen-bond donors (Lipinski definition) is 2. The minimum Gasteiger partial charge on any atom is -0.336 e. The van der Waals surface area contributed by atoms with E-state index in [0.29, 0.717) is 23.2 Å². The van der Waals surface area contributed by atoms with Gasteiger partial charge in [-0.1, -0.05) is 31.4 Å². The van der Waals surface area contributed by atoms with Gasteiger partial charge in [-0.25, -0.2) is 4.79 Å². The van der Waals surface area contributed by atoms with Crippen LogP contribution in [0.3, 0.4) is 0 Å². The van der Waals surface area contributed by atoms with Crippen LogP contribution in [0, 0.1) is 0 Å². The highest BCUT2D eigenvalue weighted by molar-refractivity contribution is 5.89. The normalized spacial score (nSPS) is 16.1. The second kappa shape index (κ2) is 6.57. The van der Waals surface area contributed by atoms with Gasteiger partial charge in [-0.05, 0) is 43.4 Å². The van der Waals surface area contributed by atoms with Gasteiger partial charge in [0.1, 0.15) is 0 Å². The zero-order valence-electron chi connectivity index (χ0n) is 11.4. The van der Waals surface area contributed by atoms with Gasteiger partial charge >= 0.3 is 6.03 Å². The van der Waals surface area contributed by atoms with E-state index in [2.05, 4.69) is 5.32 Å². The summed E-state index contributed by atoms with van der Waals surface area (Å²) in [5, 5.41) is 13.0. The first-order chi connectivity index (χ1) is 9.22. The van der Waals surface area contributed by atoms with Crippen LogP contribution in [0.15, 0.2) is 24.3 Å². The molecule has 0 aliphatic heterocycles. The SMILES string of the molecule is CCNC(=O)N(O)c1ccc(C2CCCCC2)cc1. The first kappa shape index (κ1) is 13.9. The van der Waals surface area contributed by atoms with Gasteiger partial charge in [0.2, 0.25) is 0 Å². The van der Waals surface area contributed by atoms with Crippen molar-refractivity contribution in [2.24, 2.45) is 0 Å². The number of benzene rings is 1. The van der Waals surface area contributed by atoms with Gasteiger partial charge in [-0.15, -0.1) is 0 Å². The number of carbonyl (C=O) groups excluding carboxylic acids is 1. The van der Waals surface area contributed by atoms with Crippen molar-refractivity contribution in [3.05, 3.63) is 29.8 Å². The molecule has 0 saturated heterocycles. The number of urea groups is 1. The molecule has 2 N–H and O–H groups in total. The summed E-state index contributed by atoms with van der Waals surface area (Å²) in [6.07, 6.45) is 6.45. The van der Waals surface area contributed by atoms with Crippen LogP contribution in [-0.2, 0) is 0 Å². The Morgan fingerprint density at radius 1 is 1.26 bits per heavy atom. The Kier molecular flexibility index (Phi) is 4.80. The van der Waals surface area contributed by atoms with Crippen molar-refractivity contribution >= 4 is 11.7 Å². The maximum Gasteiger partial charge on any atom is 0.345 e. The van der Waals surface area contributed by atoms with Gasteiger partial charge in [-0.2, -0.15) is 5.06 Å². The van der Waals surface area contributed by atoms with Crippen LogP contribution in [0.5, 0.6) is 0 Å². The predicted molar refractivity (Wildman–Crippen MR) is 75.6 cm³/mol. The third-order valence-corrected chi connectivity index (χ3v) is 3.73. The largest absolute Gasteiger partial charge is 0.345 e. The molecule has 0 radical (unpaired) electrons. The van der Waals surface area contributed by atoms with Gasteiger partial charge < -0.3 is 5.32 Å². The lowest BCUT2D eigenvalue weighted by atomic mass is 9.84. The molecular formula is C15H22N2O2. The maximum absolute atomic E-state index is 11.5. The van der Waals surface area contributed by atoms with Crippen LogP contribution >= 0.6 is 0 Å². The molecule has 19 heavy (non-hydrogen) atoms. The Labute approximate surface area is 114 Å². The molecule has 0 atom stereocenters. The van der Waals surface area contributed by atoms with Crippen LogP contribution in [-0.4, -0.2) is 17.8 Å². The van der Waals surface area contributed by atoms with E-state index in [-0.39, 0.29) is 0 Å². The lowest BCUT2D eigenvalue weighted by molar-refractivity contribution is 0.205. The molecule has 1 aromatic carbocycles. The summed E-state index contributed by atoms with van der Waals surface area (Å²) >= 11 is 0. The Bertz CT molecular complexity index is 411. The summed E-state index contributed by atoms with van der Waals surface area (Å²) in [6, 6.07) is 7.16. The summed E-state index contributed by atoms with van der Waals surface area (Å²) in [5.41, 5.74) is 1.82. The number of hydroxylamine groups is 1. The monoisotopic (exact) mass is 262 g/mol. The fourth-order valence-electron chi connectivity index (χ4n) is 2.67. The Balaban J connectivity index is 2.03. The second-order valence-electron chi connectivity index (χ2n) is 5.07. The first-order valence-electron chi connectivity index (χ1n) is 7.09. The Morgan fingerprint density at radius 3 is 2.47 bits per heavy atom. The minimum absolute atomic E-state index is 0.493. The van der Waals surface area contributed by atoms with E-state index >= 15 is 0 Å². The quantitative estimate of drug-likeness (QED) is 0.645. The molecule has 1 saturated carbocycles. The summed E-state index contributed by atoms with van der Waals surface area (Å²) in [6.45, 7) is 2.31. The highest BCUT2D eigenvalue weighted by Gasteiger charge is 2.16. The van der Waals surface area contributed by atoms with Crippen LogP contribution in [0.1, 0.15) is 50.5 Å². The van der Waals surface area contributed by atoms with Crippen molar-refractivity contribution in [1.29, 1.82) is 0 Å². The standard InChI is InChI=1S/C15H22N2O2/c1-2-16-15(18)17(19)14-10-8-13(9-11-14)12-6-4-3-5-7-12/h8-12,19H,2-7H2,1H3,(H,16,18). The molecule has 2 amide bonds. The van der Waals surface area contributed by atoms with Gasteiger partial charge in [-0.3, -0.25) is 5.21 Å². The van der Waals surface area contributed by atoms with E-state index in [9.17, 15) is 10.0 Å². The van der Waals surface area contributed by atoms with Crippen molar-refractivity contribution in [3.63, 3.8) is 0 Å². The van der Waals surface area contributed by atoms with Crippen molar-refractivity contribution in [2.75, 3.05) is 11.6 Å². The summed E-state index contributed by atoms with van der Waals surface area (Å²) in [5.74, 6) is 0.638. The molecule has 0 unspecified atom stereocenters.